The Hall–Kier alpha value is -2.29. The Labute approximate surface area is 118 Å². The predicted molar refractivity (Wildman–Crippen MR) is 79.3 cm³/mol. The molecule has 2 aromatic rings. The van der Waals surface area contributed by atoms with E-state index in [9.17, 15) is 9.90 Å². The van der Waals surface area contributed by atoms with Crippen LogP contribution in [0.1, 0.15) is 33.9 Å². The number of carbonyl (C=O) groups is 1. The topological polar surface area (TPSA) is 40.5 Å². The molecule has 1 N–H and O–H groups in total. The van der Waals surface area contributed by atoms with E-state index in [4.69, 9.17) is 0 Å². The van der Waals surface area contributed by atoms with Crippen LogP contribution >= 0.6 is 0 Å². The summed E-state index contributed by atoms with van der Waals surface area (Å²) in [6.07, 6.45) is 1.93. The highest BCUT2D eigenvalue weighted by Gasteiger charge is 2.28. The van der Waals surface area contributed by atoms with Gasteiger partial charge in [0.05, 0.1) is 17.3 Å². The van der Waals surface area contributed by atoms with Crippen molar-refractivity contribution in [3.05, 3.63) is 65.2 Å². The second-order valence-corrected chi connectivity index (χ2v) is 5.19. The molecule has 2 aromatic carbocycles. The van der Waals surface area contributed by atoms with E-state index in [1.165, 1.54) is 5.56 Å². The number of carboxylic acid groups (broad SMARTS) is 1. The van der Waals surface area contributed by atoms with Gasteiger partial charge in [-0.05, 0) is 30.0 Å². The lowest BCUT2D eigenvalue weighted by atomic mass is 9.90. The summed E-state index contributed by atoms with van der Waals surface area (Å²) in [5.41, 5.74) is 3.62. The van der Waals surface area contributed by atoms with Crippen molar-refractivity contribution in [2.45, 2.75) is 18.9 Å². The number of rotatable bonds is 2. The Kier molecular flexibility index (Phi) is 3.18. The maximum Gasteiger partial charge on any atom is 0.337 e. The zero-order valence-electron chi connectivity index (χ0n) is 11.4. The number of hydrogen-bond donors (Lipinski definition) is 1. The molecule has 0 aromatic heterocycles. The number of aryl methyl sites for hydroxylation is 1. The minimum atomic E-state index is -0.859. The number of nitrogens with zero attached hydrogens (tertiary/aromatic N) is 1. The fourth-order valence-corrected chi connectivity index (χ4v) is 3.09. The second kappa shape index (κ2) is 5.00. The summed E-state index contributed by atoms with van der Waals surface area (Å²) in [6.45, 7) is 0. The predicted octanol–water partition coefficient (Wildman–Crippen LogP) is 3.51. The molecule has 102 valence electrons. The summed E-state index contributed by atoms with van der Waals surface area (Å²) >= 11 is 0. The molecule has 0 bridgehead atoms. The summed E-state index contributed by atoms with van der Waals surface area (Å²) in [6, 6.07) is 16.1. The van der Waals surface area contributed by atoms with Gasteiger partial charge in [0, 0.05) is 7.05 Å². The summed E-state index contributed by atoms with van der Waals surface area (Å²) in [4.78, 5) is 13.5. The van der Waals surface area contributed by atoms with Gasteiger partial charge in [-0.15, -0.1) is 0 Å². The molecule has 0 fully saturated rings. The molecular formula is C17H17NO2. The molecule has 3 rings (SSSR count). The van der Waals surface area contributed by atoms with Crippen LogP contribution in [0.25, 0.3) is 0 Å². The van der Waals surface area contributed by atoms with Gasteiger partial charge in [0.1, 0.15) is 0 Å². The third-order valence-corrected chi connectivity index (χ3v) is 4.04. The lowest BCUT2D eigenvalue weighted by Crippen LogP contribution is -2.31. The summed E-state index contributed by atoms with van der Waals surface area (Å²) in [5.74, 6) is -0.859. The van der Waals surface area contributed by atoms with E-state index in [0.29, 0.717) is 5.56 Å². The van der Waals surface area contributed by atoms with Crippen LogP contribution in [0.4, 0.5) is 5.69 Å². The van der Waals surface area contributed by atoms with Crippen LogP contribution in [0.5, 0.6) is 0 Å². The van der Waals surface area contributed by atoms with Gasteiger partial charge >= 0.3 is 5.97 Å². The van der Waals surface area contributed by atoms with Crippen LogP contribution in [0, 0.1) is 0 Å². The Morgan fingerprint density at radius 3 is 2.60 bits per heavy atom. The van der Waals surface area contributed by atoms with Crippen molar-refractivity contribution in [2.75, 3.05) is 11.9 Å². The van der Waals surface area contributed by atoms with Crippen molar-refractivity contribution in [3.63, 3.8) is 0 Å². The van der Waals surface area contributed by atoms with Crippen molar-refractivity contribution >= 4 is 11.7 Å². The standard InChI is InChI=1S/C17H17NO2/c1-18-15(12-6-3-2-4-7-12)11-10-13-8-5-9-14(16(13)18)17(19)20/h2-9,15H,10-11H2,1H3,(H,19,20). The largest absolute Gasteiger partial charge is 0.478 e. The summed E-state index contributed by atoms with van der Waals surface area (Å²) < 4.78 is 0. The van der Waals surface area contributed by atoms with Crippen LogP contribution in [0.3, 0.4) is 0 Å². The quantitative estimate of drug-likeness (QED) is 0.905. The van der Waals surface area contributed by atoms with Crippen molar-refractivity contribution in [3.8, 4) is 0 Å². The van der Waals surface area contributed by atoms with Crippen LogP contribution in [0.2, 0.25) is 0 Å². The lowest BCUT2D eigenvalue weighted by Gasteiger charge is -2.37. The first kappa shape index (κ1) is 12.7. The molecule has 1 unspecified atom stereocenters. The number of hydrogen-bond acceptors (Lipinski definition) is 2. The molecule has 1 heterocycles. The number of anilines is 1. The fourth-order valence-electron chi connectivity index (χ4n) is 3.09. The Balaban J connectivity index is 2.06. The Morgan fingerprint density at radius 1 is 1.15 bits per heavy atom. The SMILES string of the molecule is CN1c2c(cccc2C(=O)O)CCC1c1ccccc1. The molecular weight excluding hydrogens is 250 g/mol. The second-order valence-electron chi connectivity index (χ2n) is 5.19. The third-order valence-electron chi connectivity index (χ3n) is 4.04. The normalized spacial score (nSPS) is 17.6. The molecule has 1 aliphatic heterocycles. The first-order valence-corrected chi connectivity index (χ1v) is 6.81. The van der Waals surface area contributed by atoms with Crippen molar-refractivity contribution in [2.24, 2.45) is 0 Å². The number of aromatic carboxylic acids is 1. The molecule has 0 aliphatic carbocycles. The van der Waals surface area contributed by atoms with Crippen molar-refractivity contribution in [1.82, 2.24) is 0 Å². The molecule has 0 spiro atoms. The molecule has 1 atom stereocenters. The minimum Gasteiger partial charge on any atom is -0.478 e. The van der Waals surface area contributed by atoms with Crippen LogP contribution in [-0.2, 0) is 6.42 Å². The van der Waals surface area contributed by atoms with Gasteiger partial charge in [-0.3, -0.25) is 0 Å². The average molecular weight is 267 g/mol. The van der Waals surface area contributed by atoms with Crippen molar-refractivity contribution in [1.29, 1.82) is 0 Å². The number of fused-ring (bicyclic) bond motifs is 1. The smallest absolute Gasteiger partial charge is 0.337 e. The number of carboxylic acids is 1. The molecule has 0 amide bonds. The zero-order chi connectivity index (χ0) is 14.1. The van der Waals surface area contributed by atoms with Gasteiger partial charge in [-0.2, -0.15) is 0 Å². The van der Waals surface area contributed by atoms with Gasteiger partial charge in [-0.25, -0.2) is 4.79 Å². The maximum atomic E-state index is 11.4. The average Bonchev–Trinajstić information content (AvgIpc) is 2.48. The molecule has 3 nitrogen and oxygen atoms in total. The van der Waals surface area contributed by atoms with E-state index in [1.54, 1.807) is 6.07 Å². The minimum absolute atomic E-state index is 0.240. The van der Waals surface area contributed by atoms with E-state index < -0.39 is 5.97 Å². The monoisotopic (exact) mass is 267 g/mol. The van der Waals surface area contributed by atoms with E-state index >= 15 is 0 Å². The molecule has 0 saturated carbocycles. The molecule has 0 saturated heterocycles. The van der Waals surface area contributed by atoms with Crippen LogP contribution in [0.15, 0.2) is 48.5 Å². The Morgan fingerprint density at radius 2 is 1.90 bits per heavy atom. The highest BCUT2D eigenvalue weighted by Crippen LogP contribution is 2.39. The molecule has 1 aliphatic rings. The van der Waals surface area contributed by atoms with Crippen LogP contribution in [-0.4, -0.2) is 18.1 Å². The van der Waals surface area contributed by atoms with Gasteiger partial charge in [-0.1, -0.05) is 42.5 Å². The third kappa shape index (κ3) is 2.05. The first-order valence-electron chi connectivity index (χ1n) is 6.81. The highest BCUT2D eigenvalue weighted by molar-refractivity contribution is 5.95. The maximum absolute atomic E-state index is 11.4. The summed E-state index contributed by atoms with van der Waals surface area (Å²) in [5, 5.41) is 9.39. The van der Waals surface area contributed by atoms with Crippen molar-refractivity contribution < 1.29 is 9.90 Å². The number of para-hydroxylation sites is 1. The Bertz CT molecular complexity index is 637. The fraction of sp³-hybridized carbons (Fsp3) is 0.235. The number of benzene rings is 2. The molecule has 3 heteroatoms. The lowest BCUT2D eigenvalue weighted by molar-refractivity contribution is 0.0697. The van der Waals surface area contributed by atoms with E-state index in [2.05, 4.69) is 17.0 Å². The summed E-state index contributed by atoms with van der Waals surface area (Å²) in [7, 11) is 1.99. The van der Waals surface area contributed by atoms with Gasteiger partial charge in [0.2, 0.25) is 0 Å². The van der Waals surface area contributed by atoms with E-state index in [1.807, 2.05) is 37.4 Å². The van der Waals surface area contributed by atoms with Gasteiger partial charge in [0.15, 0.2) is 0 Å². The van der Waals surface area contributed by atoms with Gasteiger partial charge < -0.3 is 10.0 Å². The molecule has 0 radical (unpaired) electrons. The first-order chi connectivity index (χ1) is 9.68. The van der Waals surface area contributed by atoms with Gasteiger partial charge in [0.25, 0.3) is 0 Å². The highest BCUT2D eigenvalue weighted by atomic mass is 16.4. The van der Waals surface area contributed by atoms with Crippen LogP contribution < -0.4 is 4.90 Å². The van der Waals surface area contributed by atoms with E-state index in [-0.39, 0.29) is 6.04 Å². The van der Waals surface area contributed by atoms with E-state index in [0.717, 1.165) is 24.1 Å². The zero-order valence-corrected chi connectivity index (χ0v) is 11.4. The molecule has 20 heavy (non-hydrogen) atoms.